The van der Waals surface area contributed by atoms with Gasteiger partial charge in [0, 0.05) is 18.8 Å². The minimum absolute atomic E-state index is 0.0478. The summed E-state index contributed by atoms with van der Waals surface area (Å²) in [4.78, 5) is 12.4. The standard InChI is InChI=1S/C19H25N3O4S/c1-14(2)26-17-7-3-5-15(11-17)12-19(23)22-16-6-4-8-18(13-16)27(24,25)21-10-9-20/h3-8,11,13-14,21H,9-10,12,20H2,1-2H3,(H,22,23). The molecule has 0 aliphatic heterocycles. The van der Waals surface area contributed by atoms with Crippen LogP contribution < -0.4 is 20.5 Å². The van der Waals surface area contributed by atoms with Crippen LogP contribution in [0, 0.1) is 0 Å². The first-order chi connectivity index (χ1) is 12.8. The Bertz CT molecular complexity index is 882. The van der Waals surface area contributed by atoms with Crippen molar-refractivity contribution in [1.82, 2.24) is 4.72 Å². The van der Waals surface area contributed by atoms with Gasteiger partial charge in [-0.1, -0.05) is 18.2 Å². The number of amides is 1. The fourth-order valence-electron chi connectivity index (χ4n) is 2.41. The molecular formula is C19H25N3O4S. The predicted molar refractivity (Wildman–Crippen MR) is 105 cm³/mol. The average molecular weight is 391 g/mol. The van der Waals surface area contributed by atoms with Gasteiger partial charge in [-0.2, -0.15) is 0 Å². The summed E-state index contributed by atoms with van der Waals surface area (Å²) in [5.74, 6) is 0.454. The number of hydrogen-bond donors (Lipinski definition) is 3. The van der Waals surface area contributed by atoms with Crippen molar-refractivity contribution in [2.45, 2.75) is 31.3 Å². The molecule has 1 amide bonds. The molecule has 0 heterocycles. The quantitative estimate of drug-likeness (QED) is 0.605. The van der Waals surface area contributed by atoms with E-state index in [9.17, 15) is 13.2 Å². The normalized spacial score (nSPS) is 11.4. The molecule has 0 unspecified atom stereocenters. The van der Waals surface area contributed by atoms with E-state index in [-0.39, 0.29) is 36.4 Å². The molecule has 0 atom stereocenters. The number of rotatable bonds is 9. The molecule has 0 aliphatic rings. The fraction of sp³-hybridized carbons (Fsp3) is 0.316. The van der Waals surface area contributed by atoms with Crippen LogP contribution in [0.1, 0.15) is 19.4 Å². The second kappa shape index (κ2) is 9.50. The van der Waals surface area contributed by atoms with Crippen molar-refractivity contribution in [1.29, 1.82) is 0 Å². The lowest BCUT2D eigenvalue weighted by molar-refractivity contribution is -0.115. The van der Waals surface area contributed by atoms with Crippen LogP contribution in [0.5, 0.6) is 5.75 Å². The van der Waals surface area contributed by atoms with Crippen LogP contribution in [0.25, 0.3) is 0 Å². The molecule has 0 radical (unpaired) electrons. The highest BCUT2D eigenvalue weighted by molar-refractivity contribution is 7.89. The van der Waals surface area contributed by atoms with Gasteiger partial charge in [-0.15, -0.1) is 0 Å². The van der Waals surface area contributed by atoms with Gasteiger partial charge >= 0.3 is 0 Å². The van der Waals surface area contributed by atoms with Gasteiger partial charge in [0.1, 0.15) is 5.75 Å². The third-order valence-corrected chi connectivity index (χ3v) is 4.96. The first kappa shape index (κ1) is 20.9. The SMILES string of the molecule is CC(C)Oc1cccc(CC(=O)Nc2cccc(S(=O)(=O)NCCN)c2)c1. The highest BCUT2D eigenvalue weighted by atomic mass is 32.2. The molecule has 7 nitrogen and oxygen atoms in total. The summed E-state index contributed by atoms with van der Waals surface area (Å²) in [6.45, 7) is 4.22. The Morgan fingerprint density at radius 1 is 1.15 bits per heavy atom. The van der Waals surface area contributed by atoms with Crippen LogP contribution in [0.4, 0.5) is 5.69 Å². The number of benzene rings is 2. The zero-order valence-corrected chi connectivity index (χ0v) is 16.3. The first-order valence-corrected chi connectivity index (χ1v) is 10.1. The van der Waals surface area contributed by atoms with Gasteiger partial charge in [0.05, 0.1) is 17.4 Å². The lowest BCUT2D eigenvalue weighted by Gasteiger charge is -2.11. The lowest BCUT2D eigenvalue weighted by atomic mass is 10.1. The number of hydrogen-bond acceptors (Lipinski definition) is 5. The molecule has 2 aromatic rings. The molecule has 27 heavy (non-hydrogen) atoms. The van der Waals surface area contributed by atoms with E-state index in [0.29, 0.717) is 11.4 Å². The second-order valence-electron chi connectivity index (χ2n) is 6.25. The molecule has 2 rings (SSSR count). The number of ether oxygens (including phenoxy) is 1. The van der Waals surface area contributed by atoms with Gasteiger partial charge in [-0.05, 0) is 49.7 Å². The Morgan fingerprint density at radius 2 is 1.89 bits per heavy atom. The minimum atomic E-state index is -3.65. The van der Waals surface area contributed by atoms with Crippen LogP contribution in [0.2, 0.25) is 0 Å². The highest BCUT2D eigenvalue weighted by Gasteiger charge is 2.14. The van der Waals surface area contributed by atoms with E-state index in [1.54, 1.807) is 12.1 Å². The van der Waals surface area contributed by atoms with Crippen molar-refractivity contribution >= 4 is 21.6 Å². The third-order valence-electron chi connectivity index (χ3n) is 3.50. The topological polar surface area (TPSA) is 111 Å². The Balaban J connectivity index is 2.05. The van der Waals surface area contributed by atoms with Crippen LogP contribution in [-0.4, -0.2) is 33.5 Å². The Kier molecular flexibility index (Phi) is 7.35. The summed E-state index contributed by atoms with van der Waals surface area (Å²) in [7, 11) is -3.65. The van der Waals surface area contributed by atoms with E-state index in [1.807, 2.05) is 38.1 Å². The molecular weight excluding hydrogens is 366 g/mol. The molecule has 0 saturated carbocycles. The highest BCUT2D eigenvalue weighted by Crippen LogP contribution is 2.18. The van der Waals surface area contributed by atoms with Crippen molar-refractivity contribution in [2.24, 2.45) is 5.73 Å². The van der Waals surface area contributed by atoms with Crippen LogP contribution in [-0.2, 0) is 21.2 Å². The van der Waals surface area contributed by atoms with Crippen LogP contribution in [0.3, 0.4) is 0 Å². The van der Waals surface area contributed by atoms with E-state index in [4.69, 9.17) is 10.5 Å². The summed E-state index contributed by atoms with van der Waals surface area (Å²) in [6, 6.07) is 13.4. The summed E-state index contributed by atoms with van der Waals surface area (Å²) in [6.07, 6.45) is 0.198. The lowest BCUT2D eigenvalue weighted by Crippen LogP contribution is -2.29. The van der Waals surface area contributed by atoms with E-state index in [1.165, 1.54) is 12.1 Å². The number of sulfonamides is 1. The first-order valence-electron chi connectivity index (χ1n) is 8.65. The van der Waals surface area contributed by atoms with Crippen molar-refractivity contribution in [3.63, 3.8) is 0 Å². The number of anilines is 1. The van der Waals surface area contributed by atoms with Gasteiger partial charge in [-0.25, -0.2) is 13.1 Å². The molecule has 4 N–H and O–H groups in total. The van der Waals surface area contributed by atoms with Crippen molar-refractivity contribution in [2.75, 3.05) is 18.4 Å². The molecule has 0 fully saturated rings. The zero-order valence-electron chi connectivity index (χ0n) is 15.4. The zero-order chi connectivity index (χ0) is 19.9. The molecule has 0 aliphatic carbocycles. The maximum atomic E-state index is 12.3. The number of nitrogens with one attached hydrogen (secondary N) is 2. The summed E-state index contributed by atoms with van der Waals surface area (Å²) in [5, 5.41) is 2.72. The Labute approximate surface area is 160 Å². The average Bonchev–Trinajstić information content (AvgIpc) is 2.60. The molecule has 2 aromatic carbocycles. The van der Waals surface area contributed by atoms with Crippen molar-refractivity contribution in [3.8, 4) is 5.75 Å². The Hall–Kier alpha value is -2.42. The smallest absolute Gasteiger partial charge is 0.240 e. The summed E-state index contributed by atoms with van der Waals surface area (Å²) >= 11 is 0. The minimum Gasteiger partial charge on any atom is -0.491 e. The van der Waals surface area contributed by atoms with E-state index in [0.717, 1.165) is 5.56 Å². The van der Waals surface area contributed by atoms with Gasteiger partial charge in [0.15, 0.2) is 0 Å². The monoisotopic (exact) mass is 391 g/mol. The maximum Gasteiger partial charge on any atom is 0.240 e. The number of carbonyl (C=O) groups is 1. The molecule has 0 aromatic heterocycles. The number of nitrogens with two attached hydrogens (primary N) is 1. The molecule has 0 bridgehead atoms. The summed E-state index contributed by atoms with van der Waals surface area (Å²) < 4.78 is 32.3. The maximum absolute atomic E-state index is 12.3. The van der Waals surface area contributed by atoms with Crippen molar-refractivity contribution < 1.29 is 17.9 Å². The fourth-order valence-corrected chi connectivity index (χ4v) is 3.50. The molecule has 8 heteroatoms. The molecule has 0 spiro atoms. The van der Waals surface area contributed by atoms with Gasteiger partial charge in [0.25, 0.3) is 0 Å². The van der Waals surface area contributed by atoms with E-state index >= 15 is 0 Å². The van der Waals surface area contributed by atoms with Gasteiger partial charge < -0.3 is 15.8 Å². The second-order valence-corrected chi connectivity index (χ2v) is 8.02. The van der Waals surface area contributed by atoms with E-state index in [2.05, 4.69) is 10.0 Å². The third kappa shape index (κ3) is 6.67. The van der Waals surface area contributed by atoms with Crippen molar-refractivity contribution in [3.05, 3.63) is 54.1 Å². The van der Waals surface area contributed by atoms with Gasteiger partial charge in [-0.3, -0.25) is 4.79 Å². The largest absolute Gasteiger partial charge is 0.491 e. The van der Waals surface area contributed by atoms with E-state index < -0.39 is 10.0 Å². The molecule has 0 saturated heterocycles. The number of carbonyl (C=O) groups excluding carboxylic acids is 1. The summed E-state index contributed by atoms with van der Waals surface area (Å²) in [5.41, 5.74) is 6.54. The molecule has 146 valence electrons. The predicted octanol–water partition coefficient (Wildman–Crippen LogP) is 1.89. The Morgan fingerprint density at radius 3 is 2.59 bits per heavy atom. The van der Waals surface area contributed by atoms with Crippen LogP contribution >= 0.6 is 0 Å². The van der Waals surface area contributed by atoms with Crippen LogP contribution in [0.15, 0.2) is 53.4 Å². The van der Waals surface area contributed by atoms with Gasteiger partial charge in [0.2, 0.25) is 15.9 Å².